The van der Waals surface area contributed by atoms with Gasteiger partial charge in [-0.25, -0.2) is 13.1 Å². The van der Waals surface area contributed by atoms with Crippen molar-refractivity contribution in [3.8, 4) is 0 Å². The Labute approximate surface area is 167 Å². The molecule has 1 aliphatic carbocycles. The van der Waals surface area contributed by atoms with Crippen LogP contribution in [0.4, 0.5) is 5.69 Å². The molecule has 2 N–H and O–H groups in total. The molecular formula is C22H28N2O3S. The van der Waals surface area contributed by atoms with E-state index in [0.717, 1.165) is 51.9 Å². The molecule has 2 aromatic rings. The third-order valence-electron chi connectivity index (χ3n) is 5.84. The van der Waals surface area contributed by atoms with E-state index in [0.29, 0.717) is 4.90 Å². The van der Waals surface area contributed by atoms with Gasteiger partial charge in [-0.15, -0.1) is 0 Å². The van der Waals surface area contributed by atoms with E-state index >= 15 is 0 Å². The number of benzene rings is 2. The van der Waals surface area contributed by atoms with Crippen molar-refractivity contribution < 1.29 is 13.2 Å². The SMILES string of the molecule is Cc1c(C)c(C)c(S(=O)(=O)NCc2ccc(NC(=O)C3CC3)cc2)c(C)c1C. The molecule has 0 spiro atoms. The molecule has 0 heterocycles. The highest BCUT2D eigenvalue weighted by Crippen LogP contribution is 2.31. The first kappa shape index (κ1) is 20.6. The van der Waals surface area contributed by atoms with Gasteiger partial charge in [-0.3, -0.25) is 4.79 Å². The third-order valence-corrected chi connectivity index (χ3v) is 7.51. The lowest BCUT2D eigenvalue weighted by Crippen LogP contribution is -2.25. The van der Waals surface area contributed by atoms with Gasteiger partial charge in [-0.1, -0.05) is 12.1 Å². The topological polar surface area (TPSA) is 75.3 Å². The van der Waals surface area contributed by atoms with Gasteiger partial charge < -0.3 is 5.32 Å². The minimum absolute atomic E-state index is 0.0597. The normalized spacial score (nSPS) is 14.2. The second-order valence-corrected chi connectivity index (χ2v) is 9.44. The van der Waals surface area contributed by atoms with Crippen LogP contribution in [-0.4, -0.2) is 14.3 Å². The van der Waals surface area contributed by atoms with Gasteiger partial charge in [0, 0.05) is 18.2 Å². The number of amides is 1. The molecule has 0 atom stereocenters. The first-order valence-electron chi connectivity index (χ1n) is 9.58. The summed E-state index contributed by atoms with van der Waals surface area (Å²) < 4.78 is 28.7. The van der Waals surface area contributed by atoms with Crippen LogP contribution in [0.25, 0.3) is 0 Å². The summed E-state index contributed by atoms with van der Waals surface area (Å²) in [6.45, 7) is 9.87. The Hall–Kier alpha value is -2.18. The Kier molecular flexibility index (Phi) is 5.64. The summed E-state index contributed by atoms with van der Waals surface area (Å²) in [7, 11) is -3.63. The molecule has 1 saturated carbocycles. The number of hydrogen-bond acceptors (Lipinski definition) is 3. The number of carbonyl (C=O) groups excluding carboxylic acids is 1. The summed E-state index contributed by atoms with van der Waals surface area (Å²) >= 11 is 0. The van der Waals surface area contributed by atoms with E-state index in [1.165, 1.54) is 0 Å². The highest BCUT2D eigenvalue weighted by Gasteiger charge is 2.29. The van der Waals surface area contributed by atoms with Crippen molar-refractivity contribution in [1.29, 1.82) is 0 Å². The number of nitrogens with one attached hydrogen (secondary N) is 2. The molecule has 0 saturated heterocycles. The average Bonchev–Trinajstić information content (AvgIpc) is 3.49. The molecule has 150 valence electrons. The van der Waals surface area contributed by atoms with Crippen LogP contribution in [0.1, 0.15) is 46.2 Å². The molecule has 3 rings (SSSR count). The number of hydrogen-bond donors (Lipinski definition) is 2. The molecule has 1 amide bonds. The van der Waals surface area contributed by atoms with Crippen molar-refractivity contribution in [1.82, 2.24) is 4.72 Å². The van der Waals surface area contributed by atoms with E-state index in [1.54, 1.807) is 12.1 Å². The fraction of sp³-hybridized carbons (Fsp3) is 0.409. The standard InChI is InChI=1S/C22H28N2O3S/c1-13-14(2)16(4)21(17(5)15(13)3)28(26,27)23-12-18-6-10-20(11-7-18)24-22(25)19-8-9-19/h6-7,10-11,19,23H,8-9,12H2,1-5H3,(H,24,25). The smallest absolute Gasteiger partial charge is 0.241 e. The van der Waals surface area contributed by atoms with Gasteiger partial charge in [-0.2, -0.15) is 0 Å². The molecule has 1 fully saturated rings. The molecule has 0 bridgehead atoms. The lowest BCUT2D eigenvalue weighted by atomic mass is 9.95. The number of anilines is 1. The summed E-state index contributed by atoms with van der Waals surface area (Å²) in [5.41, 5.74) is 6.33. The van der Waals surface area contributed by atoms with Crippen molar-refractivity contribution in [3.63, 3.8) is 0 Å². The predicted octanol–water partition coefficient (Wildman–Crippen LogP) is 4.06. The molecule has 1 aliphatic rings. The molecule has 0 unspecified atom stereocenters. The number of sulfonamides is 1. The van der Waals surface area contributed by atoms with Gasteiger partial charge in [0.15, 0.2) is 0 Å². The summed E-state index contributed by atoms with van der Waals surface area (Å²) in [6, 6.07) is 7.27. The zero-order chi connectivity index (χ0) is 20.6. The molecule has 6 heteroatoms. The van der Waals surface area contributed by atoms with Crippen LogP contribution in [0, 0.1) is 40.5 Å². The van der Waals surface area contributed by atoms with Crippen molar-refractivity contribution in [3.05, 3.63) is 57.6 Å². The van der Waals surface area contributed by atoms with E-state index in [9.17, 15) is 13.2 Å². The van der Waals surface area contributed by atoms with Crippen LogP contribution < -0.4 is 10.0 Å². The second kappa shape index (κ2) is 7.68. The maximum absolute atomic E-state index is 13.0. The predicted molar refractivity (Wildman–Crippen MR) is 112 cm³/mol. The molecule has 0 aromatic heterocycles. The average molecular weight is 401 g/mol. The fourth-order valence-electron chi connectivity index (χ4n) is 3.41. The monoisotopic (exact) mass is 400 g/mol. The highest BCUT2D eigenvalue weighted by atomic mass is 32.2. The summed E-state index contributed by atoms with van der Waals surface area (Å²) in [5, 5.41) is 2.88. The lowest BCUT2D eigenvalue weighted by molar-refractivity contribution is -0.117. The van der Waals surface area contributed by atoms with Gasteiger partial charge in [0.2, 0.25) is 15.9 Å². The minimum Gasteiger partial charge on any atom is -0.326 e. The maximum Gasteiger partial charge on any atom is 0.241 e. The van der Waals surface area contributed by atoms with E-state index in [2.05, 4.69) is 10.0 Å². The van der Waals surface area contributed by atoms with Crippen LogP contribution in [0.2, 0.25) is 0 Å². The van der Waals surface area contributed by atoms with Gasteiger partial charge in [0.1, 0.15) is 0 Å². The van der Waals surface area contributed by atoms with Crippen molar-refractivity contribution in [2.75, 3.05) is 5.32 Å². The van der Waals surface area contributed by atoms with Crippen molar-refractivity contribution in [2.24, 2.45) is 5.92 Å². The van der Waals surface area contributed by atoms with Crippen LogP contribution in [-0.2, 0) is 21.4 Å². The highest BCUT2D eigenvalue weighted by molar-refractivity contribution is 7.89. The van der Waals surface area contributed by atoms with E-state index in [1.807, 2.05) is 46.8 Å². The zero-order valence-electron chi connectivity index (χ0n) is 17.1. The van der Waals surface area contributed by atoms with Crippen molar-refractivity contribution >= 4 is 21.6 Å². The van der Waals surface area contributed by atoms with Gasteiger partial charge in [-0.05, 0) is 93.0 Å². The Morgan fingerprint density at radius 3 is 1.89 bits per heavy atom. The molecule has 5 nitrogen and oxygen atoms in total. The summed E-state index contributed by atoms with van der Waals surface area (Å²) in [4.78, 5) is 12.2. The van der Waals surface area contributed by atoms with Crippen molar-refractivity contribution in [2.45, 2.75) is 58.9 Å². The Balaban J connectivity index is 1.74. The van der Waals surface area contributed by atoms with E-state index in [4.69, 9.17) is 0 Å². The third kappa shape index (κ3) is 4.13. The Bertz CT molecular complexity index is 992. The van der Waals surface area contributed by atoms with Gasteiger partial charge in [0.25, 0.3) is 0 Å². The van der Waals surface area contributed by atoms with Gasteiger partial charge >= 0.3 is 0 Å². The maximum atomic E-state index is 13.0. The van der Waals surface area contributed by atoms with Crippen LogP contribution in [0.15, 0.2) is 29.2 Å². The van der Waals surface area contributed by atoms with Crippen LogP contribution >= 0.6 is 0 Å². The van der Waals surface area contributed by atoms with E-state index < -0.39 is 10.0 Å². The lowest BCUT2D eigenvalue weighted by Gasteiger charge is -2.19. The quantitative estimate of drug-likeness (QED) is 0.768. The largest absolute Gasteiger partial charge is 0.326 e. The first-order chi connectivity index (χ1) is 13.1. The van der Waals surface area contributed by atoms with Crippen LogP contribution in [0.3, 0.4) is 0 Å². The first-order valence-corrected chi connectivity index (χ1v) is 11.1. The molecule has 2 aromatic carbocycles. The minimum atomic E-state index is -3.63. The van der Waals surface area contributed by atoms with Crippen LogP contribution in [0.5, 0.6) is 0 Å². The molecular weight excluding hydrogens is 372 g/mol. The zero-order valence-corrected chi connectivity index (χ0v) is 18.0. The fourth-order valence-corrected chi connectivity index (χ4v) is 5.03. The molecule has 28 heavy (non-hydrogen) atoms. The van der Waals surface area contributed by atoms with Gasteiger partial charge in [0.05, 0.1) is 4.90 Å². The molecule has 0 radical (unpaired) electrons. The second-order valence-electron chi connectivity index (χ2n) is 7.74. The Morgan fingerprint density at radius 1 is 0.893 bits per heavy atom. The number of rotatable bonds is 6. The van der Waals surface area contributed by atoms with E-state index in [-0.39, 0.29) is 18.4 Å². The molecule has 0 aliphatic heterocycles. The summed E-state index contributed by atoms with van der Waals surface area (Å²) in [6.07, 6.45) is 1.92. The number of carbonyl (C=O) groups is 1. The Morgan fingerprint density at radius 2 is 1.39 bits per heavy atom. The summed E-state index contributed by atoms with van der Waals surface area (Å²) in [5.74, 6) is 0.212.